The Morgan fingerprint density at radius 1 is 0.730 bits per heavy atom. The van der Waals surface area contributed by atoms with Crippen molar-refractivity contribution in [3.05, 3.63) is 106 Å². The summed E-state index contributed by atoms with van der Waals surface area (Å²) in [4.78, 5) is 0. The average molecular weight is 486 g/mol. The van der Waals surface area contributed by atoms with Gasteiger partial charge < -0.3 is 0 Å². The molecule has 1 aliphatic carbocycles. The van der Waals surface area contributed by atoms with E-state index in [1.165, 1.54) is 72.6 Å². The second-order valence-electron chi connectivity index (χ2n) is 11.4. The van der Waals surface area contributed by atoms with Crippen molar-refractivity contribution in [3.63, 3.8) is 0 Å². The lowest BCUT2D eigenvalue weighted by Crippen LogP contribution is -2.37. The van der Waals surface area contributed by atoms with Gasteiger partial charge in [0.2, 0.25) is 0 Å². The largest absolute Gasteiger partial charge is 0.295 e. The van der Waals surface area contributed by atoms with E-state index in [4.69, 9.17) is 0 Å². The first kappa shape index (κ1) is 23.7. The molecule has 0 bridgehead atoms. The van der Waals surface area contributed by atoms with Gasteiger partial charge in [0.25, 0.3) is 5.82 Å². The summed E-state index contributed by atoms with van der Waals surface area (Å²) in [7, 11) is 2.24. The van der Waals surface area contributed by atoms with Crippen molar-refractivity contribution < 1.29 is 4.57 Å². The first-order chi connectivity index (χ1) is 17.8. The molecule has 5 aromatic rings. The molecule has 0 radical (unpaired) electrons. The Morgan fingerprint density at radius 2 is 1.35 bits per heavy atom. The van der Waals surface area contributed by atoms with Crippen molar-refractivity contribution in [2.75, 3.05) is 0 Å². The fourth-order valence-electron chi connectivity index (χ4n) is 6.39. The Morgan fingerprint density at radius 3 is 2.00 bits per heavy atom. The average Bonchev–Trinajstić information content (AvgIpc) is 3.39. The third-order valence-electron chi connectivity index (χ3n) is 8.22. The number of aryl methyl sites for hydroxylation is 3. The first-order valence-electron chi connectivity index (χ1n) is 13.6. The lowest BCUT2D eigenvalue weighted by atomic mass is 9.90. The predicted octanol–water partition coefficient (Wildman–Crippen LogP) is 8.56. The lowest BCUT2D eigenvalue weighted by molar-refractivity contribution is -0.557. The molecule has 4 aromatic carbocycles. The van der Waals surface area contributed by atoms with Crippen LogP contribution in [0.3, 0.4) is 0 Å². The van der Waals surface area contributed by atoms with Gasteiger partial charge >= 0.3 is 0 Å². The topological polar surface area (TPSA) is 8.81 Å². The highest BCUT2D eigenvalue weighted by Gasteiger charge is 2.35. The summed E-state index contributed by atoms with van der Waals surface area (Å²) in [6.45, 7) is 13.8. The monoisotopic (exact) mass is 485 g/mol. The van der Waals surface area contributed by atoms with Crippen LogP contribution in [0.25, 0.3) is 39.2 Å². The number of imidazole rings is 1. The van der Waals surface area contributed by atoms with Gasteiger partial charge in [-0.15, -0.1) is 0 Å². The zero-order valence-corrected chi connectivity index (χ0v) is 23.2. The second-order valence-corrected chi connectivity index (χ2v) is 11.4. The van der Waals surface area contributed by atoms with Gasteiger partial charge in [-0.1, -0.05) is 87.9 Å². The third kappa shape index (κ3) is 3.57. The first-order valence-corrected chi connectivity index (χ1v) is 13.6. The maximum atomic E-state index is 2.63. The van der Waals surface area contributed by atoms with Crippen molar-refractivity contribution >= 4 is 11.0 Å². The molecule has 0 amide bonds. The van der Waals surface area contributed by atoms with Gasteiger partial charge in [0.15, 0.2) is 11.0 Å². The second kappa shape index (κ2) is 8.73. The third-order valence-corrected chi connectivity index (χ3v) is 8.22. The van der Waals surface area contributed by atoms with Gasteiger partial charge in [0.05, 0.1) is 12.6 Å². The summed E-state index contributed by atoms with van der Waals surface area (Å²) in [6.07, 6.45) is 0.972. The number of hydrogen-bond acceptors (Lipinski definition) is 0. The highest BCUT2D eigenvalue weighted by molar-refractivity contribution is 5.91. The van der Waals surface area contributed by atoms with Crippen LogP contribution in [0.2, 0.25) is 0 Å². The number of nitrogens with zero attached hydrogens (tertiary/aromatic N) is 2. The molecule has 37 heavy (non-hydrogen) atoms. The van der Waals surface area contributed by atoms with Crippen LogP contribution in [0.4, 0.5) is 0 Å². The number of hydrogen-bond donors (Lipinski definition) is 0. The number of fused-ring (bicyclic) bond motifs is 5. The van der Waals surface area contributed by atoms with Crippen LogP contribution in [-0.4, -0.2) is 4.57 Å². The fraction of sp³-hybridized carbons (Fsp3) is 0.286. The Bertz CT molecular complexity index is 1650. The minimum absolute atomic E-state index is 0.411. The molecule has 0 aliphatic heterocycles. The van der Waals surface area contributed by atoms with Gasteiger partial charge in [-0.05, 0) is 66.1 Å². The van der Waals surface area contributed by atoms with E-state index < -0.39 is 0 Å². The summed E-state index contributed by atoms with van der Waals surface area (Å²) < 4.78 is 5.06. The molecule has 1 aromatic heterocycles. The Balaban J connectivity index is 1.84. The fourth-order valence-corrected chi connectivity index (χ4v) is 6.39. The molecule has 1 heterocycles. The minimum Gasteiger partial charge on any atom is -0.225 e. The van der Waals surface area contributed by atoms with E-state index in [1.807, 2.05) is 0 Å². The molecule has 6 rings (SSSR count). The standard InChI is InChI=1S/C35H37N2/c1-21(2)29-18-23(5)19-30(22(3)4)33(29)37-34-31-20-25-13-9-11-15-27(25)28(31)16-17-32(34)36(7)35(37)26-14-10-8-12-24(26)6/h8-19,21-22H,20H2,1-7H3/q+1. The van der Waals surface area contributed by atoms with Crippen LogP contribution in [0.15, 0.2) is 72.8 Å². The highest BCUT2D eigenvalue weighted by Crippen LogP contribution is 2.42. The van der Waals surface area contributed by atoms with E-state index in [-0.39, 0.29) is 0 Å². The molecule has 1 aliphatic rings. The van der Waals surface area contributed by atoms with Crippen LogP contribution >= 0.6 is 0 Å². The molecule has 0 atom stereocenters. The smallest absolute Gasteiger partial charge is 0.225 e. The van der Waals surface area contributed by atoms with Crippen molar-refractivity contribution in [2.24, 2.45) is 7.05 Å². The van der Waals surface area contributed by atoms with Gasteiger partial charge in [-0.2, -0.15) is 4.57 Å². The molecule has 0 spiro atoms. The summed E-state index contributed by atoms with van der Waals surface area (Å²) >= 11 is 0. The van der Waals surface area contributed by atoms with E-state index in [0.717, 1.165) is 6.42 Å². The molecule has 0 unspecified atom stereocenters. The normalized spacial score (nSPS) is 12.6. The van der Waals surface area contributed by atoms with E-state index in [2.05, 4.69) is 131 Å². The molecule has 0 saturated carbocycles. The Labute approximate surface area is 221 Å². The van der Waals surface area contributed by atoms with E-state index in [1.54, 1.807) is 0 Å². The van der Waals surface area contributed by atoms with Gasteiger partial charge in [-0.3, -0.25) is 0 Å². The number of benzene rings is 4. The van der Waals surface area contributed by atoms with Gasteiger partial charge in [0.1, 0.15) is 5.69 Å². The molecule has 186 valence electrons. The SMILES string of the molecule is Cc1cc(C(C)C)c(-[n+]2c(-c3ccccc3C)n(C)c3ccc4c(c32)Cc2ccccc2-4)c(C(C)C)c1. The molecule has 0 saturated heterocycles. The molecule has 2 heteroatoms. The predicted molar refractivity (Wildman–Crippen MR) is 156 cm³/mol. The summed E-state index contributed by atoms with van der Waals surface area (Å²) in [5.41, 5.74) is 16.4. The summed E-state index contributed by atoms with van der Waals surface area (Å²) in [5.74, 6) is 2.08. The van der Waals surface area contributed by atoms with E-state index in [9.17, 15) is 0 Å². The van der Waals surface area contributed by atoms with E-state index >= 15 is 0 Å². The maximum Gasteiger partial charge on any atom is 0.295 e. The van der Waals surface area contributed by atoms with Gasteiger partial charge in [-0.25, -0.2) is 4.57 Å². The zero-order valence-electron chi connectivity index (χ0n) is 23.2. The van der Waals surface area contributed by atoms with Crippen LogP contribution in [-0.2, 0) is 13.5 Å². The number of rotatable bonds is 4. The summed E-state index contributed by atoms with van der Waals surface area (Å²) in [6, 6.07) is 27.3. The van der Waals surface area contributed by atoms with Crippen LogP contribution in [0.1, 0.15) is 72.9 Å². The van der Waals surface area contributed by atoms with Crippen molar-refractivity contribution in [2.45, 2.75) is 59.8 Å². The van der Waals surface area contributed by atoms with Crippen molar-refractivity contribution in [1.29, 1.82) is 0 Å². The van der Waals surface area contributed by atoms with Crippen LogP contribution in [0, 0.1) is 13.8 Å². The maximum absolute atomic E-state index is 2.63. The molecule has 0 fully saturated rings. The number of aromatic nitrogens is 2. The Hall–Kier alpha value is -3.65. The van der Waals surface area contributed by atoms with Crippen molar-refractivity contribution in [1.82, 2.24) is 4.57 Å². The minimum atomic E-state index is 0.411. The van der Waals surface area contributed by atoms with Gasteiger partial charge in [0, 0.05) is 23.1 Å². The van der Waals surface area contributed by atoms with Crippen LogP contribution in [0.5, 0.6) is 0 Å². The molecular weight excluding hydrogens is 448 g/mol. The van der Waals surface area contributed by atoms with Crippen molar-refractivity contribution in [3.8, 4) is 28.2 Å². The van der Waals surface area contributed by atoms with Crippen LogP contribution < -0.4 is 4.57 Å². The Kier molecular flexibility index (Phi) is 5.60. The molecular formula is C35H37N2+. The van der Waals surface area contributed by atoms with E-state index in [0.29, 0.717) is 11.8 Å². The quantitative estimate of drug-likeness (QED) is 0.221. The zero-order chi connectivity index (χ0) is 26.0. The summed E-state index contributed by atoms with van der Waals surface area (Å²) in [5, 5.41) is 0. The molecule has 0 N–H and O–H groups in total. The lowest BCUT2D eigenvalue weighted by Gasteiger charge is -2.20. The molecule has 2 nitrogen and oxygen atoms in total. The highest BCUT2D eigenvalue weighted by atomic mass is 15.2.